The number of rotatable bonds is 6. The lowest BCUT2D eigenvalue weighted by Gasteiger charge is -2.32. The van der Waals surface area contributed by atoms with Crippen LogP contribution in [-0.2, 0) is 10.0 Å². The Morgan fingerprint density at radius 3 is 2.72 bits per heavy atom. The van der Waals surface area contributed by atoms with E-state index >= 15 is 0 Å². The van der Waals surface area contributed by atoms with Gasteiger partial charge in [-0.05, 0) is 65.0 Å². The van der Waals surface area contributed by atoms with Crippen LogP contribution in [0.4, 0.5) is 5.82 Å². The van der Waals surface area contributed by atoms with E-state index in [-0.39, 0.29) is 10.8 Å². The van der Waals surface area contributed by atoms with Crippen LogP contribution in [0.1, 0.15) is 18.4 Å². The summed E-state index contributed by atoms with van der Waals surface area (Å²) in [6, 6.07) is 17.5. The lowest BCUT2D eigenvalue weighted by atomic mass is 10.00. The maximum absolute atomic E-state index is 13.2. The van der Waals surface area contributed by atoms with Crippen LogP contribution in [0.15, 0.2) is 70.2 Å². The molecule has 1 saturated heterocycles. The Hall–Kier alpha value is -2.97. The van der Waals surface area contributed by atoms with Gasteiger partial charge >= 0.3 is 0 Å². The average molecular weight is 586 g/mol. The fourth-order valence-electron chi connectivity index (χ4n) is 4.38. The van der Waals surface area contributed by atoms with E-state index in [4.69, 9.17) is 21.8 Å². The molecule has 0 spiro atoms. The summed E-state index contributed by atoms with van der Waals surface area (Å²) in [5.74, 6) is 0.852. The number of halogens is 2. The Bertz CT molecular complexity index is 1570. The van der Waals surface area contributed by atoms with Crippen molar-refractivity contribution in [2.24, 2.45) is 5.92 Å². The molecule has 1 fully saturated rings. The Morgan fingerprint density at radius 1 is 1.19 bits per heavy atom. The summed E-state index contributed by atoms with van der Waals surface area (Å²) in [4.78, 5) is 4.94. The second kappa shape index (κ2) is 10.2. The third-order valence-electron chi connectivity index (χ3n) is 6.25. The zero-order valence-electron chi connectivity index (χ0n) is 19.1. The minimum atomic E-state index is -3.63. The molecule has 1 N–H and O–H groups in total. The third kappa shape index (κ3) is 4.84. The molecule has 5 rings (SSSR count). The van der Waals surface area contributed by atoms with Gasteiger partial charge in [-0.1, -0.05) is 29.8 Å². The van der Waals surface area contributed by atoms with E-state index in [1.165, 1.54) is 28.6 Å². The van der Waals surface area contributed by atoms with Gasteiger partial charge in [0, 0.05) is 36.3 Å². The highest BCUT2D eigenvalue weighted by molar-refractivity contribution is 9.10. The monoisotopic (exact) mass is 584 g/mol. The number of sulfonamides is 1. The average Bonchev–Trinajstić information content (AvgIpc) is 3.28. The molecule has 4 aromatic rings. The number of anilines is 1. The van der Waals surface area contributed by atoms with Gasteiger partial charge in [-0.3, -0.25) is 0 Å². The van der Waals surface area contributed by atoms with E-state index < -0.39 is 10.0 Å². The number of hydrogen-bond donors (Lipinski definition) is 1. The molecule has 184 valence electrons. The lowest BCUT2D eigenvalue weighted by molar-refractivity contribution is 0.275. The van der Waals surface area contributed by atoms with Crippen LogP contribution in [-0.4, -0.2) is 47.0 Å². The number of benzene rings is 2. The predicted molar refractivity (Wildman–Crippen MR) is 142 cm³/mol. The van der Waals surface area contributed by atoms with Gasteiger partial charge in [-0.2, -0.15) is 19.2 Å². The fourth-order valence-corrected chi connectivity index (χ4v) is 6.52. The molecule has 3 heterocycles. The maximum Gasteiger partial charge on any atom is 0.243 e. The van der Waals surface area contributed by atoms with E-state index in [9.17, 15) is 8.42 Å². The molecular weight excluding hydrogens is 564 g/mol. The van der Waals surface area contributed by atoms with Crippen LogP contribution >= 0.6 is 27.5 Å². The standard InChI is InChI=1S/C25H22BrClN6O2S/c26-21-15-30-33-24(12-23(31-25(21)33)20-5-1-2-6-22(20)27)29-14-18-4-3-11-32(16-18)36(34,35)19-9-7-17(13-28)8-10-19/h1-2,5-10,12,15,18,29H,3-4,11,14,16H2. The van der Waals surface area contributed by atoms with Crippen molar-refractivity contribution in [1.29, 1.82) is 5.26 Å². The van der Waals surface area contributed by atoms with Crippen molar-refractivity contribution < 1.29 is 8.42 Å². The van der Waals surface area contributed by atoms with E-state index in [1.807, 2.05) is 36.4 Å². The molecule has 1 aliphatic heterocycles. The Labute approximate surface area is 222 Å². The third-order valence-corrected chi connectivity index (χ3v) is 9.02. The van der Waals surface area contributed by atoms with Crippen LogP contribution < -0.4 is 5.32 Å². The van der Waals surface area contributed by atoms with Gasteiger partial charge in [-0.15, -0.1) is 0 Å². The van der Waals surface area contributed by atoms with Crippen LogP contribution in [0.5, 0.6) is 0 Å². The highest BCUT2D eigenvalue weighted by Gasteiger charge is 2.30. The molecular formula is C25H22BrClN6O2S. The van der Waals surface area contributed by atoms with Gasteiger partial charge in [0.2, 0.25) is 10.0 Å². The topological polar surface area (TPSA) is 103 Å². The maximum atomic E-state index is 13.2. The number of piperidine rings is 1. The number of aromatic nitrogens is 3. The van der Waals surface area contributed by atoms with Crippen molar-refractivity contribution in [2.75, 3.05) is 25.0 Å². The first-order valence-electron chi connectivity index (χ1n) is 11.4. The van der Waals surface area contributed by atoms with Crippen molar-refractivity contribution >= 4 is 49.0 Å². The predicted octanol–water partition coefficient (Wildman–Crippen LogP) is 5.20. The molecule has 0 amide bonds. The smallest absolute Gasteiger partial charge is 0.243 e. The number of fused-ring (bicyclic) bond motifs is 1. The first kappa shape index (κ1) is 24.7. The minimum absolute atomic E-state index is 0.109. The summed E-state index contributed by atoms with van der Waals surface area (Å²) < 4.78 is 30.4. The molecule has 1 atom stereocenters. The second-order valence-electron chi connectivity index (χ2n) is 8.62. The van der Waals surface area contributed by atoms with Crippen LogP contribution in [0.25, 0.3) is 16.9 Å². The van der Waals surface area contributed by atoms with Gasteiger partial charge < -0.3 is 5.32 Å². The zero-order valence-corrected chi connectivity index (χ0v) is 22.3. The number of hydrogen-bond acceptors (Lipinski definition) is 6. The van der Waals surface area contributed by atoms with Crippen molar-refractivity contribution in [2.45, 2.75) is 17.7 Å². The van der Waals surface area contributed by atoms with Crippen molar-refractivity contribution in [3.05, 3.63) is 75.9 Å². The summed E-state index contributed by atoms with van der Waals surface area (Å²) in [6.45, 7) is 1.45. The summed E-state index contributed by atoms with van der Waals surface area (Å²) in [6.07, 6.45) is 3.36. The molecule has 0 aliphatic carbocycles. The highest BCUT2D eigenvalue weighted by Crippen LogP contribution is 2.31. The van der Waals surface area contributed by atoms with Crippen LogP contribution in [0, 0.1) is 17.2 Å². The largest absolute Gasteiger partial charge is 0.370 e. The summed E-state index contributed by atoms with van der Waals surface area (Å²) >= 11 is 9.95. The molecule has 0 saturated carbocycles. The van der Waals surface area contributed by atoms with E-state index in [2.05, 4.69) is 26.3 Å². The number of nitrogens with one attached hydrogen (secondary N) is 1. The van der Waals surface area contributed by atoms with Gasteiger partial charge in [0.25, 0.3) is 0 Å². The van der Waals surface area contributed by atoms with E-state index in [1.54, 1.807) is 10.7 Å². The second-order valence-corrected chi connectivity index (χ2v) is 11.8. The van der Waals surface area contributed by atoms with Gasteiger partial charge in [0.15, 0.2) is 5.65 Å². The van der Waals surface area contributed by atoms with Crippen LogP contribution in [0.3, 0.4) is 0 Å². The molecule has 2 aromatic carbocycles. The van der Waals surface area contributed by atoms with Crippen molar-refractivity contribution in [3.63, 3.8) is 0 Å². The molecule has 0 radical (unpaired) electrons. The van der Waals surface area contributed by atoms with E-state index in [0.717, 1.165) is 28.7 Å². The first-order valence-corrected chi connectivity index (χ1v) is 14.0. The SMILES string of the molecule is N#Cc1ccc(S(=O)(=O)N2CCCC(CNc3cc(-c4ccccc4Cl)nc4c(Br)cnn34)C2)cc1. The van der Waals surface area contributed by atoms with Gasteiger partial charge in [0.1, 0.15) is 5.82 Å². The number of nitrogens with zero attached hydrogens (tertiary/aromatic N) is 5. The molecule has 36 heavy (non-hydrogen) atoms. The Kier molecular flexibility index (Phi) is 6.99. The van der Waals surface area contributed by atoms with Crippen molar-refractivity contribution in [1.82, 2.24) is 18.9 Å². The summed E-state index contributed by atoms with van der Waals surface area (Å²) in [7, 11) is -3.63. The quantitative estimate of drug-likeness (QED) is 0.334. The Balaban J connectivity index is 1.36. The minimum Gasteiger partial charge on any atom is -0.370 e. The summed E-state index contributed by atoms with van der Waals surface area (Å²) in [5, 5.41) is 17.5. The fraction of sp³-hybridized carbons (Fsp3) is 0.240. The molecule has 1 unspecified atom stereocenters. The summed E-state index contributed by atoms with van der Waals surface area (Å²) in [5.41, 5.74) is 2.61. The Morgan fingerprint density at radius 2 is 1.97 bits per heavy atom. The molecule has 8 nitrogen and oxygen atoms in total. The van der Waals surface area contributed by atoms with Gasteiger partial charge in [-0.25, -0.2) is 13.4 Å². The molecule has 0 bridgehead atoms. The molecule has 11 heteroatoms. The lowest BCUT2D eigenvalue weighted by Crippen LogP contribution is -2.41. The zero-order chi connectivity index (χ0) is 25.3. The van der Waals surface area contributed by atoms with Gasteiger partial charge in [0.05, 0.1) is 32.9 Å². The normalized spacial score (nSPS) is 16.6. The first-order chi connectivity index (χ1) is 17.4. The van der Waals surface area contributed by atoms with Crippen LogP contribution in [0.2, 0.25) is 5.02 Å². The highest BCUT2D eigenvalue weighted by atomic mass is 79.9. The molecule has 1 aliphatic rings. The van der Waals surface area contributed by atoms with Crippen molar-refractivity contribution in [3.8, 4) is 17.3 Å². The molecule has 2 aromatic heterocycles. The van der Waals surface area contributed by atoms with E-state index in [0.29, 0.717) is 41.6 Å². The number of nitriles is 1.